The van der Waals surface area contributed by atoms with Crippen LogP contribution in [0.4, 0.5) is 10.1 Å². The molecule has 0 atom stereocenters. The van der Waals surface area contributed by atoms with Gasteiger partial charge in [0.15, 0.2) is 0 Å². The molecule has 0 spiro atoms. The van der Waals surface area contributed by atoms with E-state index in [2.05, 4.69) is 5.32 Å². The van der Waals surface area contributed by atoms with Crippen molar-refractivity contribution in [2.75, 3.05) is 43.4 Å². The zero-order valence-corrected chi connectivity index (χ0v) is 18.5. The number of para-hydroxylation sites is 1. The second-order valence-electron chi connectivity index (χ2n) is 8.40. The highest BCUT2D eigenvalue weighted by atomic mass is 32.2. The highest BCUT2D eigenvalue weighted by Gasteiger charge is 2.27. The summed E-state index contributed by atoms with van der Waals surface area (Å²) >= 11 is 0. The van der Waals surface area contributed by atoms with Gasteiger partial charge in [-0.15, -0.1) is 0 Å². The Bertz CT molecular complexity index is 789. The summed E-state index contributed by atoms with van der Waals surface area (Å²) in [6, 6.07) is 6.57. The van der Waals surface area contributed by atoms with Crippen LogP contribution in [-0.2, 0) is 14.8 Å². The standard InChI is InChI=1S/C22H34FN3O3S/c23-20-9-4-5-10-21(20)25-14-16-26(17-15-25)30(28,29)18-6-13-24-22(27)12-11-19-7-2-1-3-8-19/h4-5,9-10,19H,1-3,6-8,11-18H2,(H,24,27). The molecule has 1 amide bonds. The minimum Gasteiger partial charge on any atom is -0.367 e. The quantitative estimate of drug-likeness (QED) is 0.600. The van der Waals surface area contributed by atoms with Crippen LogP contribution in [-0.4, -0.2) is 57.1 Å². The number of piperazine rings is 1. The molecule has 30 heavy (non-hydrogen) atoms. The summed E-state index contributed by atoms with van der Waals surface area (Å²) in [7, 11) is -3.36. The Kier molecular flexibility index (Phi) is 8.50. The third-order valence-corrected chi connectivity index (χ3v) is 8.19. The van der Waals surface area contributed by atoms with Crippen molar-refractivity contribution in [3.63, 3.8) is 0 Å². The molecule has 2 aliphatic rings. The summed E-state index contributed by atoms with van der Waals surface area (Å²) in [6.07, 6.45) is 8.22. The first-order valence-corrected chi connectivity index (χ1v) is 12.8. The topological polar surface area (TPSA) is 69.7 Å². The molecular formula is C22H34FN3O3S. The first kappa shape index (κ1) is 23.0. The summed E-state index contributed by atoms with van der Waals surface area (Å²) in [4.78, 5) is 13.9. The molecule has 1 saturated carbocycles. The van der Waals surface area contributed by atoms with E-state index in [9.17, 15) is 17.6 Å². The number of hydrogen-bond acceptors (Lipinski definition) is 4. The van der Waals surface area contributed by atoms with Gasteiger partial charge in [-0.05, 0) is 30.9 Å². The maximum atomic E-state index is 13.9. The Balaban J connectivity index is 1.33. The van der Waals surface area contributed by atoms with Crippen LogP contribution in [0.25, 0.3) is 0 Å². The highest BCUT2D eigenvalue weighted by molar-refractivity contribution is 7.89. The number of anilines is 1. The smallest absolute Gasteiger partial charge is 0.220 e. The summed E-state index contributed by atoms with van der Waals surface area (Å²) < 4.78 is 40.6. The fraction of sp³-hybridized carbons (Fsp3) is 0.682. The van der Waals surface area contributed by atoms with Crippen LogP contribution >= 0.6 is 0 Å². The number of halogens is 1. The number of nitrogens with one attached hydrogen (secondary N) is 1. The molecule has 2 fully saturated rings. The molecule has 0 aromatic heterocycles. The Morgan fingerprint density at radius 2 is 1.77 bits per heavy atom. The average Bonchev–Trinajstić information content (AvgIpc) is 2.76. The molecule has 168 valence electrons. The lowest BCUT2D eigenvalue weighted by Crippen LogP contribution is -2.49. The molecule has 1 heterocycles. The van der Waals surface area contributed by atoms with Crippen molar-refractivity contribution in [1.29, 1.82) is 0 Å². The normalized spacial score (nSPS) is 19.0. The van der Waals surface area contributed by atoms with Gasteiger partial charge in [0.2, 0.25) is 15.9 Å². The van der Waals surface area contributed by atoms with E-state index in [0.717, 1.165) is 6.42 Å². The predicted octanol–water partition coefficient (Wildman–Crippen LogP) is 3.14. The molecular weight excluding hydrogens is 405 g/mol. The molecule has 1 N–H and O–H groups in total. The Morgan fingerprint density at radius 3 is 2.47 bits per heavy atom. The van der Waals surface area contributed by atoms with Crippen molar-refractivity contribution >= 4 is 21.6 Å². The molecule has 1 aromatic rings. The lowest BCUT2D eigenvalue weighted by atomic mass is 9.86. The monoisotopic (exact) mass is 439 g/mol. The van der Waals surface area contributed by atoms with E-state index < -0.39 is 10.0 Å². The van der Waals surface area contributed by atoms with E-state index in [4.69, 9.17) is 0 Å². The molecule has 1 saturated heterocycles. The lowest BCUT2D eigenvalue weighted by molar-refractivity contribution is -0.121. The number of rotatable bonds is 9. The SMILES string of the molecule is O=C(CCC1CCCCC1)NCCCS(=O)(=O)N1CCN(c2ccccc2F)CC1. The molecule has 1 aromatic carbocycles. The lowest BCUT2D eigenvalue weighted by Gasteiger charge is -2.35. The number of hydrogen-bond donors (Lipinski definition) is 1. The maximum absolute atomic E-state index is 13.9. The summed E-state index contributed by atoms with van der Waals surface area (Å²) in [6.45, 7) is 2.03. The van der Waals surface area contributed by atoms with E-state index in [1.165, 1.54) is 42.5 Å². The molecule has 8 heteroatoms. The van der Waals surface area contributed by atoms with Crippen molar-refractivity contribution in [1.82, 2.24) is 9.62 Å². The summed E-state index contributed by atoms with van der Waals surface area (Å²) in [5, 5.41) is 2.86. The van der Waals surface area contributed by atoms with E-state index >= 15 is 0 Å². The average molecular weight is 440 g/mol. The van der Waals surface area contributed by atoms with Gasteiger partial charge in [0.1, 0.15) is 5.82 Å². The first-order valence-electron chi connectivity index (χ1n) is 11.2. The number of carbonyl (C=O) groups excluding carboxylic acids is 1. The van der Waals surface area contributed by atoms with Gasteiger partial charge in [-0.1, -0.05) is 44.2 Å². The van der Waals surface area contributed by atoms with Gasteiger partial charge in [0.25, 0.3) is 0 Å². The molecule has 0 bridgehead atoms. The van der Waals surface area contributed by atoms with Crippen LogP contribution in [0.3, 0.4) is 0 Å². The van der Waals surface area contributed by atoms with Gasteiger partial charge in [-0.25, -0.2) is 12.8 Å². The minimum absolute atomic E-state index is 0.0234. The van der Waals surface area contributed by atoms with Crippen LogP contribution in [0.15, 0.2) is 24.3 Å². The van der Waals surface area contributed by atoms with Crippen molar-refractivity contribution < 1.29 is 17.6 Å². The Labute approximate surface area is 179 Å². The Morgan fingerprint density at radius 1 is 1.07 bits per heavy atom. The van der Waals surface area contributed by atoms with Crippen molar-refractivity contribution in [2.24, 2.45) is 5.92 Å². The minimum atomic E-state index is -3.36. The van der Waals surface area contributed by atoms with E-state index in [-0.39, 0.29) is 17.5 Å². The highest BCUT2D eigenvalue weighted by Crippen LogP contribution is 2.27. The fourth-order valence-corrected chi connectivity index (χ4v) is 5.91. The van der Waals surface area contributed by atoms with Crippen LogP contribution < -0.4 is 10.2 Å². The zero-order chi connectivity index (χ0) is 21.4. The summed E-state index contributed by atoms with van der Waals surface area (Å²) in [5.74, 6) is 0.438. The molecule has 6 nitrogen and oxygen atoms in total. The fourth-order valence-electron chi connectivity index (χ4n) is 4.43. The second kappa shape index (κ2) is 11.1. The van der Waals surface area contributed by atoms with Crippen molar-refractivity contribution in [3.8, 4) is 0 Å². The van der Waals surface area contributed by atoms with E-state index in [1.807, 2.05) is 4.90 Å². The summed E-state index contributed by atoms with van der Waals surface area (Å²) in [5.41, 5.74) is 0.519. The number of nitrogens with zero attached hydrogens (tertiary/aromatic N) is 2. The predicted molar refractivity (Wildman–Crippen MR) is 117 cm³/mol. The van der Waals surface area contributed by atoms with Gasteiger partial charge in [-0.3, -0.25) is 4.79 Å². The van der Waals surface area contributed by atoms with Crippen LogP contribution in [0.5, 0.6) is 0 Å². The molecule has 1 aliphatic heterocycles. The number of sulfonamides is 1. The van der Waals surface area contributed by atoms with Gasteiger partial charge in [0.05, 0.1) is 11.4 Å². The number of carbonyl (C=O) groups is 1. The van der Waals surface area contributed by atoms with E-state index in [0.29, 0.717) is 57.2 Å². The number of benzene rings is 1. The third-order valence-electron chi connectivity index (χ3n) is 6.23. The molecule has 1 aliphatic carbocycles. The maximum Gasteiger partial charge on any atom is 0.220 e. The van der Waals surface area contributed by atoms with Crippen LogP contribution in [0, 0.1) is 11.7 Å². The zero-order valence-electron chi connectivity index (χ0n) is 17.7. The van der Waals surface area contributed by atoms with Gasteiger partial charge >= 0.3 is 0 Å². The van der Waals surface area contributed by atoms with Crippen molar-refractivity contribution in [3.05, 3.63) is 30.1 Å². The molecule has 3 rings (SSSR count). The second-order valence-corrected chi connectivity index (χ2v) is 10.5. The first-order chi connectivity index (χ1) is 14.5. The van der Waals surface area contributed by atoms with Gasteiger partial charge in [0, 0.05) is 39.1 Å². The van der Waals surface area contributed by atoms with Crippen molar-refractivity contribution in [2.45, 2.75) is 51.4 Å². The van der Waals surface area contributed by atoms with Crippen LogP contribution in [0.2, 0.25) is 0 Å². The Hall–Kier alpha value is -1.67. The number of amides is 1. The van der Waals surface area contributed by atoms with Gasteiger partial charge in [-0.2, -0.15) is 4.31 Å². The third kappa shape index (κ3) is 6.67. The van der Waals surface area contributed by atoms with E-state index in [1.54, 1.807) is 18.2 Å². The van der Waals surface area contributed by atoms with Crippen LogP contribution in [0.1, 0.15) is 51.4 Å². The molecule has 0 radical (unpaired) electrons. The largest absolute Gasteiger partial charge is 0.367 e. The molecule has 0 unspecified atom stereocenters. The van der Waals surface area contributed by atoms with Gasteiger partial charge < -0.3 is 10.2 Å².